The summed E-state index contributed by atoms with van der Waals surface area (Å²) in [5.41, 5.74) is -0.0926. The van der Waals surface area contributed by atoms with E-state index in [4.69, 9.17) is 27.9 Å². The molecule has 4 aromatic rings. The van der Waals surface area contributed by atoms with Crippen molar-refractivity contribution in [1.29, 1.82) is 0 Å². The Balaban J connectivity index is 1.71. The third kappa shape index (κ3) is 7.33. The van der Waals surface area contributed by atoms with Crippen LogP contribution >= 0.6 is 35.0 Å². The van der Waals surface area contributed by atoms with Gasteiger partial charge in [0.05, 0.1) is 24.4 Å². The molecule has 0 radical (unpaired) electrons. The topological polar surface area (TPSA) is 69.0 Å². The molecule has 6 nitrogen and oxygen atoms in total. The molecule has 0 aliphatic heterocycles. The molecule has 0 fully saturated rings. The summed E-state index contributed by atoms with van der Waals surface area (Å²) in [4.78, 5) is 13.5. The standard InChI is InChI=1S/C27H23Cl2F3N4O2S/c1-2-38-15-14-36-24(18-8-10-19(28)11-9-18)34-35-26(36)39-23(17-6-4-3-5-7-17)25(37)33-22-13-12-20(29)16-21(22)27(30,31)32/h3-13,16,23H,2,14-15H2,1H3,(H,33,37)/t23-/m0/s1. The quantitative estimate of drug-likeness (QED) is 0.150. The third-order valence-corrected chi connectivity index (χ3v) is 7.31. The third-order valence-electron chi connectivity index (χ3n) is 5.59. The van der Waals surface area contributed by atoms with E-state index in [1.807, 2.05) is 11.5 Å². The van der Waals surface area contributed by atoms with E-state index >= 15 is 0 Å². The van der Waals surface area contributed by atoms with E-state index in [-0.39, 0.29) is 5.02 Å². The normalized spacial score (nSPS) is 12.4. The van der Waals surface area contributed by atoms with Crippen LogP contribution in [0, 0.1) is 0 Å². The van der Waals surface area contributed by atoms with Gasteiger partial charge in [0, 0.05) is 22.2 Å². The molecule has 0 unspecified atom stereocenters. The zero-order chi connectivity index (χ0) is 28.0. The smallest absolute Gasteiger partial charge is 0.380 e. The molecule has 0 spiro atoms. The molecular formula is C27H23Cl2F3N4O2S. The van der Waals surface area contributed by atoms with Crippen molar-refractivity contribution in [2.24, 2.45) is 0 Å². The van der Waals surface area contributed by atoms with Crippen LogP contribution in [0.2, 0.25) is 10.0 Å². The predicted molar refractivity (Wildman–Crippen MR) is 147 cm³/mol. The Morgan fingerprint density at radius 1 is 1.03 bits per heavy atom. The highest BCUT2D eigenvalue weighted by Crippen LogP contribution is 2.40. The fraction of sp³-hybridized carbons (Fsp3) is 0.222. The molecular weight excluding hydrogens is 572 g/mol. The maximum absolute atomic E-state index is 13.7. The van der Waals surface area contributed by atoms with Crippen molar-refractivity contribution in [2.45, 2.75) is 30.1 Å². The number of nitrogens with one attached hydrogen (secondary N) is 1. The summed E-state index contributed by atoms with van der Waals surface area (Å²) in [6, 6.07) is 19.0. The first-order valence-electron chi connectivity index (χ1n) is 11.8. The van der Waals surface area contributed by atoms with Gasteiger partial charge >= 0.3 is 6.18 Å². The maximum atomic E-state index is 13.7. The van der Waals surface area contributed by atoms with Gasteiger partial charge in [-0.15, -0.1) is 10.2 Å². The highest BCUT2D eigenvalue weighted by Gasteiger charge is 2.35. The average molecular weight is 595 g/mol. The first-order chi connectivity index (χ1) is 18.7. The van der Waals surface area contributed by atoms with Gasteiger partial charge in [-0.25, -0.2) is 0 Å². The number of hydrogen-bond donors (Lipinski definition) is 1. The Morgan fingerprint density at radius 3 is 2.38 bits per heavy atom. The molecule has 0 bridgehead atoms. The number of nitrogens with zero attached hydrogens (tertiary/aromatic N) is 3. The van der Waals surface area contributed by atoms with Gasteiger partial charge < -0.3 is 10.1 Å². The molecule has 1 aromatic heterocycles. The molecule has 0 aliphatic carbocycles. The highest BCUT2D eigenvalue weighted by molar-refractivity contribution is 8.00. The Morgan fingerprint density at radius 2 is 1.72 bits per heavy atom. The number of rotatable bonds is 10. The van der Waals surface area contributed by atoms with Crippen molar-refractivity contribution < 1.29 is 22.7 Å². The van der Waals surface area contributed by atoms with E-state index in [1.165, 1.54) is 6.07 Å². The Kier molecular flexibility index (Phi) is 9.55. The molecule has 0 saturated carbocycles. The van der Waals surface area contributed by atoms with E-state index in [1.54, 1.807) is 54.6 Å². The lowest BCUT2D eigenvalue weighted by Gasteiger charge is -2.19. The Hall–Kier alpha value is -3.05. The minimum atomic E-state index is -4.71. The largest absolute Gasteiger partial charge is 0.418 e. The van der Waals surface area contributed by atoms with Crippen LogP contribution < -0.4 is 5.32 Å². The molecule has 204 valence electrons. The Bertz CT molecular complexity index is 1420. The van der Waals surface area contributed by atoms with E-state index in [9.17, 15) is 18.0 Å². The molecule has 1 heterocycles. The van der Waals surface area contributed by atoms with Crippen LogP contribution in [0.5, 0.6) is 0 Å². The van der Waals surface area contributed by atoms with Gasteiger partial charge in [-0.05, 0) is 55.0 Å². The molecule has 4 rings (SSSR count). The number of hydrogen-bond acceptors (Lipinski definition) is 5. The number of alkyl halides is 3. The number of amides is 1. The van der Waals surface area contributed by atoms with Gasteiger partial charge in [-0.1, -0.05) is 65.3 Å². The molecule has 12 heteroatoms. The monoisotopic (exact) mass is 594 g/mol. The lowest BCUT2D eigenvalue weighted by molar-refractivity contribution is -0.137. The number of carbonyl (C=O) groups excluding carboxylic acids is 1. The highest BCUT2D eigenvalue weighted by atomic mass is 35.5. The van der Waals surface area contributed by atoms with Crippen molar-refractivity contribution in [3.8, 4) is 11.4 Å². The number of halogens is 5. The fourth-order valence-electron chi connectivity index (χ4n) is 3.75. The van der Waals surface area contributed by atoms with Crippen LogP contribution in [0.4, 0.5) is 18.9 Å². The van der Waals surface area contributed by atoms with Gasteiger partial charge in [0.1, 0.15) is 5.25 Å². The van der Waals surface area contributed by atoms with Crippen LogP contribution in [0.25, 0.3) is 11.4 Å². The van der Waals surface area contributed by atoms with Gasteiger partial charge in [0.25, 0.3) is 0 Å². The summed E-state index contributed by atoms with van der Waals surface area (Å²) in [6.45, 7) is 3.15. The number of ether oxygens (including phenoxy) is 1. The first kappa shape index (κ1) is 28.9. The molecule has 0 saturated heterocycles. The first-order valence-corrected chi connectivity index (χ1v) is 13.5. The van der Waals surface area contributed by atoms with Crippen LogP contribution in [-0.4, -0.2) is 33.9 Å². The van der Waals surface area contributed by atoms with Crippen molar-refractivity contribution in [2.75, 3.05) is 18.5 Å². The van der Waals surface area contributed by atoms with Gasteiger partial charge in [0.15, 0.2) is 11.0 Å². The molecule has 1 atom stereocenters. The van der Waals surface area contributed by atoms with Crippen LogP contribution in [0.15, 0.2) is 78.0 Å². The van der Waals surface area contributed by atoms with E-state index in [2.05, 4.69) is 15.5 Å². The maximum Gasteiger partial charge on any atom is 0.418 e. The second-order valence-electron chi connectivity index (χ2n) is 8.25. The van der Waals surface area contributed by atoms with Crippen molar-refractivity contribution in [1.82, 2.24) is 14.8 Å². The minimum Gasteiger partial charge on any atom is -0.380 e. The van der Waals surface area contributed by atoms with E-state index in [0.29, 0.717) is 41.3 Å². The number of carbonyl (C=O) groups is 1. The van der Waals surface area contributed by atoms with Crippen LogP contribution in [-0.2, 0) is 22.3 Å². The van der Waals surface area contributed by atoms with Gasteiger partial charge in [-0.2, -0.15) is 13.2 Å². The second kappa shape index (κ2) is 12.9. The summed E-state index contributed by atoms with van der Waals surface area (Å²) in [6.07, 6.45) is -4.71. The van der Waals surface area contributed by atoms with Crippen molar-refractivity contribution in [3.05, 3.63) is 94.0 Å². The minimum absolute atomic E-state index is 0.0913. The second-order valence-corrected chi connectivity index (χ2v) is 10.2. The molecule has 39 heavy (non-hydrogen) atoms. The molecule has 1 N–H and O–H groups in total. The summed E-state index contributed by atoms with van der Waals surface area (Å²) in [5.74, 6) is -0.121. The zero-order valence-electron chi connectivity index (χ0n) is 20.6. The summed E-state index contributed by atoms with van der Waals surface area (Å²) in [5, 5.41) is 11.0. The fourth-order valence-corrected chi connectivity index (χ4v) is 5.12. The van der Waals surface area contributed by atoms with Gasteiger partial charge in [0.2, 0.25) is 5.91 Å². The number of aromatic nitrogens is 3. The van der Waals surface area contributed by atoms with E-state index in [0.717, 1.165) is 29.5 Å². The zero-order valence-corrected chi connectivity index (χ0v) is 22.9. The number of benzene rings is 3. The number of thioether (sulfide) groups is 1. The molecule has 1 amide bonds. The molecule has 0 aliphatic rings. The Labute approximate surface area is 237 Å². The van der Waals surface area contributed by atoms with Gasteiger partial charge in [-0.3, -0.25) is 9.36 Å². The summed E-state index contributed by atoms with van der Waals surface area (Å²) in [7, 11) is 0. The number of anilines is 1. The summed E-state index contributed by atoms with van der Waals surface area (Å²) >= 11 is 12.9. The lowest BCUT2D eigenvalue weighted by Crippen LogP contribution is -2.22. The SMILES string of the molecule is CCOCCn1c(S[C@H](C(=O)Nc2ccc(Cl)cc2C(F)(F)F)c2ccccc2)nnc1-c1ccc(Cl)cc1. The predicted octanol–water partition coefficient (Wildman–Crippen LogP) is 7.78. The van der Waals surface area contributed by atoms with Crippen LogP contribution in [0.1, 0.15) is 23.3 Å². The van der Waals surface area contributed by atoms with Crippen molar-refractivity contribution in [3.63, 3.8) is 0 Å². The van der Waals surface area contributed by atoms with Crippen molar-refractivity contribution >= 4 is 46.6 Å². The molecule has 3 aromatic carbocycles. The van der Waals surface area contributed by atoms with E-state index < -0.39 is 28.6 Å². The average Bonchev–Trinajstić information content (AvgIpc) is 3.31. The summed E-state index contributed by atoms with van der Waals surface area (Å²) < 4.78 is 48.4. The lowest BCUT2D eigenvalue weighted by atomic mass is 10.1. The van der Waals surface area contributed by atoms with Crippen LogP contribution in [0.3, 0.4) is 0 Å².